The number of fused-ring (bicyclic) bond motifs is 6. The summed E-state index contributed by atoms with van der Waals surface area (Å²) in [6, 6.07) is 71.2. The first-order valence-electron chi connectivity index (χ1n) is 18.0. The highest BCUT2D eigenvalue weighted by Crippen LogP contribution is 2.58. The molecule has 0 saturated carbocycles. The smallest absolute Gasteiger partial charge is 0.135 e. The van der Waals surface area contributed by atoms with Crippen LogP contribution < -0.4 is 4.74 Å². The van der Waals surface area contributed by atoms with E-state index in [0.717, 1.165) is 17.1 Å². The quantitative estimate of drug-likeness (QED) is 0.183. The van der Waals surface area contributed by atoms with Crippen molar-refractivity contribution >= 4 is 21.5 Å². The average Bonchev–Trinajstić information content (AvgIpc) is 3.50. The van der Waals surface area contributed by atoms with Crippen LogP contribution in [0.5, 0.6) is 11.5 Å². The van der Waals surface area contributed by atoms with Crippen molar-refractivity contribution < 1.29 is 4.74 Å². The van der Waals surface area contributed by atoms with Gasteiger partial charge in [0, 0.05) is 10.9 Å². The normalized spacial score (nSPS) is 13.3. The molecule has 0 radical (unpaired) electrons. The van der Waals surface area contributed by atoms with Crippen LogP contribution in [0.15, 0.2) is 194 Å². The Bertz CT molecular complexity index is 2810. The molecule has 9 aromatic rings. The highest BCUT2D eigenvalue weighted by Gasteiger charge is 2.46. The third kappa shape index (κ3) is 4.11. The lowest BCUT2D eigenvalue weighted by Gasteiger charge is -2.34. The van der Waals surface area contributed by atoms with Crippen LogP contribution in [0.2, 0.25) is 0 Å². The Labute approximate surface area is 303 Å². The molecule has 1 aliphatic carbocycles. The number of hydrogen-bond donors (Lipinski definition) is 0. The zero-order valence-electron chi connectivity index (χ0n) is 28.4. The van der Waals surface area contributed by atoms with E-state index in [-0.39, 0.29) is 0 Å². The SMILES string of the molecule is c1ccc(-c2cccc3cc4c(cc23)C(c2ccccc2)(c2ccccc2)c2cc(-c3ccc5c(c3)-c3cccc6cccc(c36)O5)ccc2-4)cc1. The van der Waals surface area contributed by atoms with E-state index < -0.39 is 5.41 Å². The van der Waals surface area contributed by atoms with Gasteiger partial charge in [0.1, 0.15) is 11.5 Å². The second-order valence-electron chi connectivity index (χ2n) is 14.0. The Morgan fingerprint density at radius 3 is 1.69 bits per heavy atom. The van der Waals surface area contributed by atoms with Gasteiger partial charge in [0.2, 0.25) is 0 Å². The van der Waals surface area contributed by atoms with Crippen LogP contribution in [0.3, 0.4) is 0 Å². The molecule has 0 unspecified atom stereocenters. The van der Waals surface area contributed by atoms with E-state index in [9.17, 15) is 0 Å². The summed E-state index contributed by atoms with van der Waals surface area (Å²) >= 11 is 0. The van der Waals surface area contributed by atoms with E-state index in [1.807, 2.05) is 0 Å². The molecule has 0 saturated heterocycles. The predicted octanol–water partition coefficient (Wildman–Crippen LogP) is 13.5. The largest absolute Gasteiger partial charge is 0.456 e. The Morgan fingerprint density at radius 2 is 0.942 bits per heavy atom. The van der Waals surface area contributed by atoms with E-state index in [1.165, 1.54) is 82.7 Å². The van der Waals surface area contributed by atoms with Crippen molar-refractivity contribution in [1.82, 2.24) is 0 Å². The van der Waals surface area contributed by atoms with Crippen LogP contribution in [-0.4, -0.2) is 0 Å². The maximum Gasteiger partial charge on any atom is 0.135 e. The number of rotatable bonds is 4. The Morgan fingerprint density at radius 1 is 0.327 bits per heavy atom. The Kier molecular flexibility index (Phi) is 6.23. The Hall–Kier alpha value is -6.70. The fourth-order valence-corrected chi connectivity index (χ4v) is 9.05. The monoisotopic (exact) mass is 660 g/mol. The van der Waals surface area contributed by atoms with Gasteiger partial charge in [-0.2, -0.15) is 0 Å². The van der Waals surface area contributed by atoms with Gasteiger partial charge >= 0.3 is 0 Å². The minimum atomic E-state index is -0.525. The van der Waals surface area contributed by atoms with Gasteiger partial charge in [0.05, 0.1) is 5.41 Å². The fraction of sp³-hybridized carbons (Fsp3) is 0.0196. The molecule has 11 rings (SSSR count). The van der Waals surface area contributed by atoms with Crippen LogP contribution in [0.4, 0.5) is 0 Å². The van der Waals surface area contributed by atoms with Gasteiger partial charge in [-0.1, -0.05) is 158 Å². The molecular formula is C51H32O. The average molecular weight is 661 g/mol. The first kappa shape index (κ1) is 29.1. The number of hydrogen-bond acceptors (Lipinski definition) is 1. The van der Waals surface area contributed by atoms with Crippen molar-refractivity contribution in [3.63, 3.8) is 0 Å². The highest BCUT2D eigenvalue weighted by molar-refractivity contribution is 6.05. The lowest BCUT2D eigenvalue weighted by Crippen LogP contribution is -2.28. The van der Waals surface area contributed by atoms with Crippen molar-refractivity contribution in [1.29, 1.82) is 0 Å². The highest BCUT2D eigenvalue weighted by atomic mass is 16.5. The van der Waals surface area contributed by atoms with Crippen LogP contribution in [0, 0.1) is 0 Å². The summed E-state index contributed by atoms with van der Waals surface area (Å²) in [4.78, 5) is 0. The summed E-state index contributed by atoms with van der Waals surface area (Å²) in [5.41, 5.74) is 14.4. The molecule has 1 heteroatoms. The van der Waals surface area contributed by atoms with Crippen LogP contribution >= 0.6 is 0 Å². The zero-order chi connectivity index (χ0) is 34.2. The van der Waals surface area contributed by atoms with Crippen molar-refractivity contribution in [2.24, 2.45) is 0 Å². The second kappa shape index (κ2) is 11.2. The lowest BCUT2D eigenvalue weighted by atomic mass is 9.67. The Balaban J connectivity index is 1.18. The van der Waals surface area contributed by atoms with Gasteiger partial charge in [-0.25, -0.2) is 0 Å². The van der Waals surface area contributed by atoms with Gasteiger partial charge in [-0.15, -0.1) is 0 Å². The van der Waals surface area contributed by atoms with Crippen molar-refractivity contribution in [2.45, 2.75) is 5.41 Å². The fourth-order valence-electron chi connectivity index (χ4n) is 9.05. The summed E-state index contributed by atoms with van der Waals surface area (Å²) in [6.07, 6.45) is 0. The first-order valence-corrected chi connectivity index (χ1v) is 18.0. The third-order valence-electron chi connectivity index (χ3n) is 11.3. The maximum atomic E-state index is 6.48. The van der Waals surface area contributed by atoms with E-state index in [4.69, 9.17) is 4.74 Å². The predicted molar refractivity (Wildman–Crippen MR) is 215 cm³/mol. The van der Waals surface area contributed by atoms with Crippen LogP contribution in [-0.2, 0) is 5.41 Å². The van der Waals surface area contributed by atoms with Crippen molar-refractivity contribution in [3.05, 3.63) is 216 Å². The molecule has 1 nitrogen and oxygen atoms in total. The first-order chi connectivity index (χ1) is 25.8. The van der Waals surface area contributed by atoms with Crippen molar-refractivity contribution in [3.8, 4) is 56.0 Å². The van der Waals surface area contributed by atoms with Gasteiger partial charge in [0.15, 0.2) is 0 Å². The summed E-state index contributed by atoms with van der Waals surface area (Å²) in [6.45, 7) is 0. The molecule has 1 heterocycles. The van der Waals surface area contributed by atoms with E-state index >= 15 is 0 Å². The molecule has 52 heavy (non-hydrogen) atoms. The maximum absolute atomic E-state index is 6.48. The van der Waals surface area contributed by atoms with Crippen LogP contribution in [0.25, 0.3) is 66.1 Å². The zero-order valence-corrected chi connectivity index (χ0v) is 28.4. The molecule has 242 valence electrons. The topological polar surface area (TPSA) is 9.23 Å². The van der Waals surface area contributed by atoms with E-state index in [1.54, 1.807) is 0 Å². The molecule has 0 spiro atoms. The number of ether oxygens (including phenoxy) is 1. The van der Waals surface area contributed by atoms with Gasteiger partial charge < -0.3 is 4.74 Å². The molecule has 0 fully saturated rings. The van der Waals surface area contributed by atoms with E-state index in [2.05, 4.69) is 194 Å². The van der Waals surface area contributed by atoms with Crippen LogP contribution in [0.1, 0.15) is 22.3 Å². The minimum absolute atomic E-state index is 0.525. The van der Waals surface area contributed by atoms with E-state index in [0.29, 0.717) is 0 Å². The molecule has 0 amide bonds. The van der Waals surface area contributed by atoms with Gasteiger partial charge in [-0.3, -0.25) is 0 Å². The third-order valence-corrected chi connectivity index (χ3v) is 11.3. The van der Waals surface area contributed by atoms with Gasteiger partial charge in [0.25, 0.3) is 0 Å². The minimum Gasteiger partial charge on any atom is -0.456 e. The number of benzene rings is 9. The summed E-state index contributed by atoms with van der Waals surface area (Å²) in [7, 11) is 0. The lowest BCUT2D eigenvalue weighted by molar-refractivity contribution is 0.487. The molecule has 9 aromatic carbocycles. The van der Waals surface area contributed by atoms with Gasteiger partial charge in [-0.05, 0) is 114 Å². The summed E-state index contributed by atoms with van der Waals surface area (Å²) in [5.74, 6) is 1.81. The standard InChI is InChI=1S/C51H32O/c1-4-13-33(14-5-1)40-22-11-17-37-30-44-41-27-25-36(35-26-28-48-45(29-35)42-23-10-15-34-16-12-24-49(52-48)50(34)42)31-46(41)51(47(44)32-43(37)40,38-18-6-2-7-19-38)39-20-8-3-9-21-39/h1-32H. The molecule has 2 aliphatic rings. The molecule has 0 N–H and O–H groups in total. The van der Waals surface area contributed by atoms with Crippen molar-refractivity contribution in [2.75, 3.05) is 0 Å². The molecule has 0 aromatic heterocycles. The summed E-state index contributed by atoms with van der Waals surface area (Å²) in [5, 5.41) is 4.88. The summed E-state index contributed by atoms with van der Waals surface area (Å²) < 4.78 is 6.48. The molecule has 0 atom stereocenters. The molecular weight excluding hydrogens is 629 g/mol. The molecule has 0 bridgehead atoms. The molecule has 1 aliphatic heterocycles. The second-order valence-corrected chi connectivity index (χ2v) is 14.0.